The molecule has 0 radical (unpaired) electrons. The lowest BCUT2D eigenvalue weighted by Gasteiger charge is -2.44. The van der Waals surface area contributed by atoms with E-state index in [-0.39, 0.29) is 11.4 Å². The lowest BCUT2D eigenvalue weighted by molar-refractivity contribution is -0.132. The first-order valence-corrected chi connectivity index (χ1v) is 7.35. The van der Waals surface area contributed by atoms with Gasteiger partial charge in [-0.2, -0.15) is 0 Å². The standard InChI is InChI=1S/C14H18Cl3NO/c1-11(2,3)18-9-13(14(16,17)10(18)19)8-6-5-7-12(13,4)15/h5-8H,9H2,1-4H3/t12-,13?/m1/s1. The maximum atomic E-state index is 12.6. The maximum Gasteiger partial charge on any atom is 0.260 e. The fourth-order valence-corrected chi connectivity index (χ4v) is 3.99. The first-order valence-electron chi connectivity index (χ1n) is 6.22. The van der Waals surface area contributed by atoms with Gasteiger partial charge in [0.05, 0.1) is 10.3 Å². The van der Waals surface area contributed by atoms with Crippen LogP contribution in [0.15, 0.2) is 24.3 Å². The molecule has 1 fully saturated rings. The van der Waals surface area contributed by atoms with Crippen LogP contribution in [0.2, 0.25) is 0 Å². The van der Waals surface area contributed by atoms with Crippen molar-refractivity contribution < 1.29 is 4.79 Å². The van der Waals surface area contributed by atoms with Crippen LogP contribution in [0.5, 0.6) is 0 Å². The van der Waals surface area contributed by atoms with Crippen molar-refractivity contribution in [2.45, 2.75) is 42.4 Å². The highest BCUT2D eigenvalue weighted by molar-refractivity contribution is 6.60. The molecule has 0 saturated carbocycles. The van der Waals surface area contributed by atoms with Crippen molar-refractivity contribution in [3.63, 3.8) is 0 Å². The Labute approximate surface area is 129 Å². The average Bonchev–Trinajstić information content (AvgIpc) is 2.43. The molecule has 0 bridgehead atoms. The van der Waals surface area contributed by atoms with E-state index in [1.165, 1.54) is 0 Å². The van der Waals surface area contributed by atoms with Crippen molar-refractivity contribution in [1.82, 2.24) is 4.90 Å². The van der Waals surface area contributed by atoms with Crippen molar-refractivity contribution in [3.8, 4) is 0 Å². The molecule has 0 aromatic heterocycles. The zero-order chi connectivity index (χ0) is 14.7. The predicted octanol–water partition coefficient (Wildman–Crippen LogP) is 3.91. The van der Waals surface area contributed by atoms with Crippen molar-refractivity contribution in [1.29, 1.82) is 0 Å². The summed E-state index contributed by atoms with van der Waals surface area (Å²) in [5.74, 6) is -0.282. The van der Waals surface area contributed by atoms with Gasteiger partial charge in [-0.1, -0.05) is 47.5 Å². The maximum absolute atomic E-state index is 12.6. The molecule has 1 aliphatic heterocycles. The van der Waals surface area contributed by atoms with E-state index in [1.807, 2.05) is 52.0 Å². The molecule has 0 aromatic carbocycles. The third kappa shape index (κ3) is 1.95. The molecule has 2 rings (SSSR count). The molecular weight excluding hydrogens is 305 g/mol. The van der Waals surface area contributed by atoms with Crippen LogP contribution in [0.3, 0.4) is 0 Å². The number of hydrogen-bond donors (Lipinski definition) is 0. The van der Waals surface area contributed by atoms with E-state index >= 15 is 0 Å². The Hall–Kier alpha value is -0.180. The molecule has 0 aromatic rings. The van der Waals surface area contributed by atoms with E-state index < -0.39 is 14.6 Å². The van der Waals surface area contributed by atoms with Crippen LogP contribution >= 0.6 is 34.8 Å². The van der Waals surface area contributed by atoms with Gasteiger partial charge in [0.15, 0.2) is 0 Å². The third-order valence-electron chi connectivity index (χ3n) is 4.06. The molecule has 1 heterocycles. The Kier molecular flexibility index (Phi) is 3.33. The third-order valence-corrected chi connectivity index (χ3v) is 5.53. The lowest BCUT2D eigenvalue weighted by Crippen LogP contribution is -2.52. The van der Waals surface area contributed by atoms with Gasteiger partial charge >= 0.3 is 0 Å². The highest BCUT2D eigenvalue weighted by atomic mass is 35.5. The fraction of sp³-hybridized carbons (Fsp3) is 0.643. The molecule has 1 saturated heterocycles. The van der Waals surface area contributed by atoms with Crippen molar-refractivity contribution in [3.05, 3.63) is 24.3 Å². The van der Waals surface area contributed by atoms with E-state index in [9.17, 15) is 4.79 Å². The number of carbonyl (C=O) groups is 1. The van der Waals surface area contributed by atoms with Gasteiger partial charge < -0.3 is 4.90 Å². The molecular formula is C14H18Cl3NO. The second kappa shape index (κ2) is 4.16. The van der Waals surface area contributed by atoms with Gasteiger partial charge in [-0.05, 0) is 27.7 Å². The molecule has 2 atom stereocenters. The van der Waals surface area contributed by atoms with Crippen molar-refractivity contribution in [2.75, 3.05) is 6.54 Å². The Morgan fingerprint density at radius 2 is 1.68 bits per heavy atom. The Morgan fingerprint density at radius 3 is 2.11 bits per heavy atom. The van der Waals surface area contributed by atoms with Gasteiger partial charge in [0, 0.05) is 12.1 Å². The predicted molar refractivity (Wildman–Crippen MR) is 80.9 cm³/mol. The second-order valence-corrected chi connectivity index (χ2v) is 8.51. The second-order valence-electron chi connectivity index (χ2n) is 6.40. The van der Waals surface area contributed by atoms with Gasteiger partial charge in [0.2, 0.25) is 4.33 Å². The SMILES string of the molecule is CC(C)(C)N1CC2(C=CC=C[C@@]2(C)Cl)C(Cl)(Cl)C1=O. The van der Waals surface area contributed by atoms with Crippen molar-refractivity contribution >= 4 is 40.7 Å². The molecule has 2 aliphatic rings. The van der Waals surface area contributed by atoms with Crippen LogP contribution in [0.1, 0.15) is 27.7 Å². The number of allylic oxidation sites excluding steroid dienone is 3. The molecule has 1 aliphatic carbocycles. The highest BCUT2D eigenvalue weighted by Gasteiger charge is 2.69. The average molecular weight is 323 g/mol. The molecule has 1 amide bonds. The first kappa shape index (κ1) is 15.2. The number of halogens is 3. The number of rotatable bonds is 0. The van der Waals surface area contributed by atoms with Crippen LogP contribution in [-0.4, -0.2) is 32.1 Å². The number of alkyl halides is 3. The van der Waals surface area contributed by atoms with E-state index in [1.54, 1.807) is 4.90 Å². The van der Waals surface area contributed by atoms with Gasteiger partial charge in [0.25, 0.3) is 5.91 Å². The van der Waals surface area contributed by atoms with Gasteiger partial charge in [-0.25, -0.2) is 0 Å². The van der Waals surface area contributed by atoms with Gasteiger partial charge in [-0.3, -0.25) is 4.79 Å². The number of hydrogen-bond acceptors (Lipinski definition) is 1. The first-order chi connectivity index (χ1) is 8.46. The van der Waals surface area contributed by atoms with E-state index in [2.05, 4.69) is 0 Å². The largest absolute Gasteiger partial charge is 0.334 e. The molecule has 1 unspecified atom stereocenters. The monoisotopic (exact) mass is 321 g/mol. The molecule has 1 spiro atoms. The summed E-state index contributed by atoms with van der Waals surface area (Å²) in [6, 6.07) is 0. The molecule has 106 valence electrons. The topological polar surface area (TPSA) is 20.3 Å². The molecule has 5 heteroatoms. The molecule has 2 nitrogen and oxygen atoms in total. The van der Waals surface area contributed by atoms with Crippen LogP contribution in [-0.2, 0) is 4.79 Å². The zero-order valence-electron chi connectivity index (χ0n) is 11.5. The fourth-order valence-electron chi connectivity index (χ4n) is 2.71. The minimum atomic E-state index is -1.56. The van der Waals surface area contributed by atoms with Crippen LogP contribution < -0.4 is 0 Å². The number of amides is 1. The Morgan fingerprint density at radius 1 is 1.16 bits per heavy atom. The summed E-state index contributed by atoms with van der Waals surface area (Å²) < 4.78 is -1.56. The summed E-state index contributed by atoms with van der Waals surface area (Å²) in [6.45, 7) is 8.13. The summed E-state index contributed by atoms with van der Waals surface area (Å²) in [6.07, 6.45) is 7.41. The summed E-state index contributed by atoms with van der Waals surface area (Å²) in [7, 11) is 0. The van der Waals surface area contributed by atoms with Gasteiger partial charge in [0.1, 0.15) is 0 Å². The van der Waals surface area contributed by atoms with Crippen LogP contribution in [0.25, 0.3) is 0 Å². The number of carbonyl (C=O) groups excluding carboxylic acids is 1. The Balaban J connectivity index is 2.57. The summed E-state index contributed by atoms with van der Waals surface area (Å²) in [5, 5.41) is 0. The lowest BCUT2D eigenvalue weighted by atomic mass is 9.71. The smallest absolute Gasteiger partial charge is 0.260 e. The Bertz CT molecular complexity index is 474. The summed E-state index contributed by atoms with van der Waals surface area (Å²) in [5.41, 5.74) is -1.18. The summed E-state index contributed by atoms with van der Waals surface area (Å²) >= 11 is 19.5. The minimum Gasteiger partial charge on any atom is -0.334 e. The van der Waals surface area contributed by atoms with Crippen LogP contribution in [0, 0.1) is 5.41 Å². The van der Waals surface area contributed by atoms with E-state index in [4.69, 9.17) is 34.8 Å². The van der Waals surface area contributed by atoms with E-state index in [0.29, 0.717) is 6.54 Å². The van der Waals surface area contributed by atoms with Crippen LogP contribution in [0.4, 0.5) is 0 Å². The van der Waals surface area contributed by atoms with Gasteiger partial charge in [-0.15, -0.1) is 11.6 Å². The normalized spacial score (nSPS) is 37.4. The highest BCUT2D eigenvalue weighted by Crippen LogP contribution is 2.59. The summed E-state index contributed by atoms with van der Waals surface area (Å²) in [4.78, 5) is 13.5. The zero-order valence-corrected chi connectivity index (χ0v) is 13.8. The molecule has 0 N–H and O–H groups in total. The molecule has 19 heavy (non-hydrogen) atoms. The van der Waals surface area contributed by atoms with E-state index in [0.717, 1.165) is 0 Å². The quantitative estimate of drug-likeness (QED) is 0.619. The number of likely N-dealkylation sites (tertiary alicyclic amines) is 1. The minimum absolute atomic E-state index is 0.282. The number of nitrogens with zero attached hydrogens (tertiary/aromatic N) is 1. The van der Waals surface area contributed by atoms with Crippen molar-refractivity contribution in [2.24, 2.45) is 5.41 Å².